The average molecular weight is 311 g/mol. The maximum atomic E-state index is 5.79. The molecular weight excluding hydrogens is 296 g/mol. The quantitative estimate of drug-likeness (QED) is 0.942. The molecule has 0 aliphatic rings. The molecular formula is C13H15BrN2O2. The molecule has 0 bridgehead atoms. The minimum atomic E-state index is 0.382. The lowest BCUT2D eigenvalue weighted by Gasteiger charge is -2.13. The summed E-state index contributed by atoms with van der Waals surface area (Å²) >= 11 is 3.45. The molecule has 96 valence electrons. The SMILES string of the molecule is Cc1cc(COc2c(C)cc(Br)cc2CN)no1. The van der Waals surface area contributed by atoms with E-state index in [1.807, 2.05) is 32.0 Å². The first-order valence-corrected chi connectivity index (χ1v) is 6.43. The van der Waals surface area contributed by atoms with Crippen molar-refractivity contribution in [2.75, 3.05) is 0 Å². The smallest absolute Gasteiger partial charge is 0.134 e. The van der Waals surface area contributed by atoms with Crippen LogP contribution < -0.4 is 10.5 Å². The number of hydrogen-bond donors (Lipinski definition) is 1. The zero-order valence-corrected chi connectivity index (χ0v) is 12.0. The lowest BCUT2D eigenvalue weighted by Crippen LogP contribution is -2.04. The number of nitrogens with two attached hydrogens (primary N) is 1. The van der Waals surface area contributed by atoms with Gasteiger partial charge in [-0.2, -0.15) is 0 Å². The lowest BCUT2D eigenvalue weighted by molar-refractivity contribution is 0.283. The Morgan fingerprint density at radius 1 is 1.33 bits per heavy atom. The van der Waals surface area contributed by atoms with Crippen LogP contribution in [0.5, 0.6) is 5.75 Å². The van der Waals surface area contributed by atoms with Crippen LogP contribution in [0.25, 0.3) is 0 Å². The van der Waals surface area contributed by atoms with E-state index in [9.17, 15) is 0 Å². The number of nitrogens with zero attached hydrogens (tertiary/aromatic N) is 1. The second kappa shape index (κ2) is 5.54. The number of aromatic nitrogens is 1. The number of hydrogen-bond acceptors (Lipinski definition) is 4. The highest BCUT2D eigenvalue weighted by Gasteiger charge is 2.09. The van der Waals surface area contributed by atoms with Gasteiger partial charge in [0.2, 0.25) is 0 Å². The van der Waals surface area contributed by atoms with Gasteiger partial charge in [-0.05, 0) is 31.5 Å². The van der Waals surface area contributed by atoms with Gasteiger partial charge in [0.15, 0.2) is 0 Å². The summed E-state index contributed by atoms with van der Waals surface area (Å²) in [5, 5.41) is 3.89. The zero-order valence-electron chi connectivity index (χ0n) is 10.4. The fourth-order valence-corrected chi connectivity index (χ4v) is 2.41. The van der Waals surface area contributed by atoms with Crippen molar-refractivity contribution in [1.29, 1.82) is 0 Å². The topological polar surface area (TPSA) is 61.3 Å². The van der Waals surface area contributed by atoms with Crippen molar-refractivity contribution in [3.8, 4) is 5.75 Å². The van der Waals surface area contributed by atoms with Gasteiger partial charge in [0, 0.05) is 22.6 Å². The predicted molar refractivity (Wildman–Crippen MR) is 72.3 cm³/mol. The number of halogens is 1. The highest BCUT2D eigenvalue weighted by Crippen LogP contribution is 2.28. The van der Waals surface area contributed by atoms with Crippen LogP contribution in [-0.2, 0) is 13.2 Å². The summed E-state index contributed by atoms with van der Waals surface area (Å²) in [5.41, 5.74) is 8.52. The summed E-state index contributed by atoms with van der Waals surface area (Å²) in [4.78, 5) is 0. The highest BCUT2D eigenvalue weighted by atomic mass is 79.9. The van der Waals surface area contributed by atoms with Crippen molar-refractivity contribution in [3.63, 3.8) is 0 Å². The molecule has 2 rings (SSSR count). The van der Waals surface area contributed by atoms with Crippen LogP contribution >= 0.6 is 15.9 Å². The molecule has 5 heteroatoms. The third-order valence-corrected chi connectivity index (χ3v) is 3.04. The van der Waals surface area contributed by atoms with Gasteiger partial charge < -0.3 is 15.0 Å². The molecule has 1 aromatic heterocycles. The summed E-state index contributed by atoms with van der Waals surface area (Å²) in [7, 11) is 0. The predicted octanol–water partition coefficient (Wildman–Crippen LogP) is 3.09. The Labute approximate surface area is 114 Å². The van der Waals surface area contributed by atoms with Crippen molar-refractivity contribution in [2.45, 2.75) is 27.0 Å². The van der Waals surface area contributed by atoms with Gasteiger partial charge in [0.1, 0.15) is 23.8 Å². The Balaban J connectivity index is 2.18. The largest absolute Gasteiger partial charge is 0.487 e. The van der Waals surface area contributed by atoms with E-state index in [1.165, 1.54) is 0 Å². The van der Waals surface area contributed by atoms with Gasteiger partial charge in [-0.3, -0.25) is 0 Å². The van der Waals surface area contributed by atoms with Gasteiger partial charge in [0.25, 0.3) is 0 Å². The Kier molecular flexibility index (Phi) is 4.04. The molecule has 0 radical (unpaired) electrons. The molecule has 0 atom stereocenters. The zero-order chi connectivity index (χ0) is 13.1. The molecule has 4 nitrogen and oxygen atoms in total. The van der Waals surface area contributed by atoms with E-state index < -0.39 is 0 Å². The molecule has 1 heterocycles. The fourth-order valence-electron chi connectivity index (χ4n) is 1.79. The van der Waals surface area contributed by atoms with Gasteiger partial charge in [-0.15, -0.1) is 0 Å². The summed E-state index contributed by atoms with van der Waals surface area (Å²) in [6.07, 6.45) is 0. The first-order valence-electron chi connectivity index (χ1n) is 5.64. The number of benzene rings is 1. The molecule has 0 aliphatic heterocycles. The number of ether oxygens (including phenoxy) is 1. The van der Waals surface area contributed by atoms with E-state index in [0.29, 0.717) is 13.2 Å². The standard InChI is InChI=1S/C13H15BrN2O2/c1-8-3-11(14)5-10(6-15)13(8)17-7-12-4-9(2)18-16-12/h3-5H,6-7,15H2,1-2H3. The third kappa shape index (κ3) is 2.91. The molecule has 0 fully saturated rings. The fraction of sp³-hybridized carbons (Fsp3) is 0.308. The summed E-state index contributed by atoms with van der Waals surface area (Å²) in [6.45, 7) is 4.67. The Morgan fingerprint density at radius 3 is 2.72 bits per heavy atom. The Bertz CT molecular complexity index is 552. The van der Waals surface area contributed by atoms with Gasteiger partial charge in [-0.25, -0.2) is 0 Å². The van der Waals surface area contributed by atoms with Gasteiger partial charge in [0.05, 0.1) is 0 Å². The van der Waals surface area contributed by atoms with E-state index in [1.54, 1.807) is 0 Å². The molecule has 0 spiro atoms. The monoisotopic (exact) mass is 310 g/mol. The van der Waals surface area contributed by atoms with Gasteiger partial charge >= 0.3 is 0 Å². The molecule has 2 aromatic rings. The van der Waals surface area contributed by atoms with Crippen LogP contribution in [0.15, 0.2) is 27.2 Å². The van der Waals surface area contributed by atoms with Crippen LogP contribution in [0, 0.1) is 13.8 Å². The van der Waals surface area contributed by atoms with Crippen molar-refractivity contribution >= 4 is 15.9 Å². The van der Waals surface area contributed by atoms with Crippen LogP contribution in [0.2, 0.25) is 0 Å². The van der Waals surface area contributed by atoms with Gasteiger partial charge in [-0.1, -0.05) is 21.1 Å². The summed E-state index contributed by atoms with van der Waals surface area (Å²) in [6, 6.07) is 5.83. The van der Waals surface area contributed by atoms with Crippen molar-refractivity contribution < 1.29 is 9.26 Å². The Hall–Kier alpha value is -1.33. The molecule has 0 saturated heterocycles. The van der Waals surface area contributed by atoms with Crippen LogP contribution in [-0.4, -0.2) is 5.16 Å². The first kappa shape index (κ1) is 13.1. The third-order valence-electron chi connectivity index (χ3n) is 2.58. The molecule has 18 heavy (non-hydrogen) atoms. The summed E-state index contributed by atoms with van der Waals surface area (Å²) in [5.74, 6) is 1.60. The minimum absolute atomic E-state index is 0.382. The lowest BCUT2D eigenvalue weighted by atomic mass is 10.1. The van der Waals surface area contributed by atoms with E-state index in [0.717, 1.165) is 32.8 Å². The highest BCUT2D eigenvalue weighted by molar-refractivity contribution is 9.10. The normalized spacial score (nSPS) is 10.7. The molecule has 2 N–H and O–H groups in total. The minimum Gasteiger partial charge on any atom is -0.487 e. The van der Waals surface area contributed by atoms with E-state index >= 15 is 0 Å². The van der Waals surface area contributed by atoms with E-state index in [-0.39, 0.29) is 0 Å². The second-order valence-electron chi connectivity index (χ2n) is 4.13. The maximum Gasteiger partial charge on any atom is 0.134 e. The van der Waals surface area contributed by atoms with Crippen LogP contribution in [0.3, 0.4) is 0 Å². The average Bonchev–Trinajstić information content (AvgIpc) is 2.73. The molecule has 0 unspecified atom stereocenters. The number of aryl methyl sites for hydroxylation is 2. The molecule has 0 saturated carbocycles. The maximum absolute atomic E-state index is 5.79. The first-order chi connectivity index (χ1) is 8.60. The van der Waals surface area contributed by atoms with Crippen molar-refractivity contribution in [3.05, 3.63) is 45.3 Å². The summed E-state index contributed by atoms with van der Waals surface area (Å²) < 4.78 is 11.8. The molecule has 0 amide bonds. The van der Waals surface area contributed by atoms with Crippen molar-refractivity contribution in [2.24, 2.45) is 5.73 Å². The molecule has 0 aliphatic carbocycles. The van der Waals surface area contributed by atoms with Crippen molar-refractivity contribution in [1.82, 2.24) is 5.16 Å². The number of rotatable bonds is 4. The van der Waals surface area contributed by atoms with Crippen LogP contribution in [0.4, 0.5) is 0 Å². The van der Waals surface area contributed by atoms with E-state index in [2.05, 4.69) is 21.1 Å². The second-order valence-corrected chi connectivity index (χ2v) is 5.05. The van der Waals surface area contributed by atoms with Crippen LogP contribution in [0.1, 0.15) is 22.6 Å². The molecule has 1 aromatic carbocycles. The van der Waals surface area contributed by atoms with E-state index in [4.69, 9.17) is 15.0 Å². The Morgan fingerprint density at radius 2 is 2.11 bits per heavy atom.